The van der Waals surface area contributed by atoms with Crippen molar-refractivity contribution in [1.82, 2.24) is 19.4 Å². The van der Waals surface area contributed by atoms with Gasteiger partial charge in [0.05, 0.1) is 18.8 Å². The molecule has 1 amide bonds. The Morgan fingerprint density at radius 1 is 1.11 bits per heavy atom. The second-order valence-corrected chi connectivity index (χ2v) is 10.8. The number of aromatic nitrogens is 3. The summed E-state index contributed by atoms with van der Waals surface area (Å²) in [6.07, 6.45) is -0.608. The Balaban J connectivity index is 1.50. The van der Waals surface area contributed by atoms with Crippen molar-refractivity contribution in [2.45, 2.75) is 18.6 Å². The molecule has 0 fully saturated rings. The number of hydrogen-bond donors (Lipinski definition) is 3. The smallest absolute Gasteiger partial charge is 0.297 e. The maximum atomic E-state index is 15.5. The zero-order valence-electron chi connectivity index (χ0n) is 24.0. The van der Waals surface area contributed by atoms with Gasteiger partial charge >= 0.3 is 0 Å². The minimum Gasteiger partial charge on any atom is -0.501 e. The number of rotatable bonds is 7. The first kappa shape index (κ1) is 29.0. The normalized spacial score (nSPS) is 15.3. The summed E-state index contributed by atoms with van der Waals surface area (Å²) in [4.78, 5) is 38.8. The first-order chi connectivity index (χ1) is 21.2. The Bertz CT molecular complexity index is 1910. The molecule has 0 aliphatic carbocycles. The van der Waals surface area contributed by atoms with Crippen LogP contribution in [0.25, 0.3) is 22.7 Å². The van der Waals surface area contributed by atoms with Crippen molar-refractivity contribution in [3.63, 3.8) is 0 Å². The number of benzene rings is 3. The Labute approximate surface area is 251 Å². The van der Waals surface area contributed by atoms with E-state index >= 15 is 4.39 Å². The fraction of sp³-hybridized carbons (Fsp3) is 0.250. The summed E-state index contributed by atoms with van der Waals surface area (Å²) >= 11 is 0. The number of amides is 1. The standard InChI is InChI=1S/C32H30FN5O6/c1-36(16-20(40)17-39)30(42)19-12-11-18-13-14-38(27(22(18)15-19)21-7-3-4-8-23(21)33)32-35-26(28(41)31(43)37(32)2)29-34-24-9-5-6-10-25(24)44-29/h3-12,15,20,27,39-41H,13-14,16-17H2,1-2H3/t20?,27-/m1/s1. The molecule has 11 nitrogen and oxygen atoms in total. The largest absolute Gasteiger partial charge is 0.501 e. The lowest BCUT2D eigenvalue weighted by Gasteiger charge is -2.39. The van der Waals surface area contributed by atoms with Gasteiger partial charge in [-0.1, -0.05) is 36.4 Å². The van der Waals surface area contributed by atoms with Gasteiger partial charge in [-0.05, 0) is 47.9 Å². The molecular weight excluding hydrogens is 569 g/mol. The van der Waals surface area contributed by atoms with Crippen LogP contribution in [0.15, 0.2) is 75.9 Å². The number of hydrogen-bond acceptors (Lipinski definition) is 9. The number of nitrogens with zero attached hydrogens (tertiary/aromatic N) is 5. The summed E-state index contributed by atoms with van der Waals surface area (Å²) in [7, 11) is 2.99. The second-order valence-electron chi connectivity index (χ2n) is 10.8. The van der Waals surface area contributed by atoms with Crippen molar-refractivity contribution in [3.05, 3.63) is 105 Å². The molecule has 0 radical (unpaired) electrons. The predicted molar refractivity (Wildman–Crippen MR) is 160 cm³/mol. The highest BCUT2D eigenvalue weighted by Gasteiger charge is 2.35. The first-order valence-electron chi connectivity index (χ1n) is 14.0. The van der Waals surface area contributed by atoms with Crippen molar-refractivity contribution >= 4 is 23.0 Å². The summed E-state index contributed by atoms with van der Waals surface area (Å²) in [6.45, 7) is -0.233. The molecule has 5 aromatic rings. The van der Waals surface area contributed by atoms with E-state index in [4.69, 9.17) is 4.42 Å². The lowest BCUT2D eigenvalue weighted by atomic mass is 9.86. The molecule has 6 rings (SSSR count). The van der Waals surface area contributed by atoms with E-state index in [1.807, 2.05) is 6.07 Å². The van der Waals surface area contributed by atoms with Crippen LogP contribution in [0, 0.1) is 5.82 Å². The Morgan fingerprint density at radius 2 is 1.86 bits per heavy atom. The average Bonchev–Trinajstić information content (AvgIpc) is 3.47. The number of carbonyl (C=O) groups is 1. The maximum absolute atomic E-state index is 15.5. The third-order valence-electron chi connectivity index (χ3n) is 7.86. The molecule has 44 heavy (non-hydrogen) atoms. The van der Waals surface area contributed by atoms with E-state index in [1.165, 1.54) is 29.6 Å². The third-order valence-corrected chi connectivity index (χ3v) is 7.86. The van der Waals surface area contributed by atoms with Gasteiger partial charge in [0.25, 0.3) is 17.4 Å². The van der Waals surface area contributed by atoms with Crippen molar-refractivity contribution in [1.29, 1.82) is 0 Å². The van der Waals surface area contributed by atoms with Crippen LogP contribution in [-0.2, 0) is 13.5 Å². The molecule has 1 aliphatic heterocycles. The van der Waals surface area contributed by atoms with E-state index in [9.17, 15) is 24.9 Å². The van der Waals surface area contributed by atoms with Crippen molar-refractivity contribution < 1.29 is 28.9 Å². The van der Waals surface area contributed by atoms with Gasteiger partial charge in [-0.15, -0.1) is 0 Å². The number of carbonyl (C=O) groups excluding carboxylic acids is 1. The van der Waals surface area contributed by atoms with Gasteiger partial charge in [-0.25, -0.2) is 14.4 Å². The van der Waals surface area contributed by atoms with Crippen LogP contribution < -0.4 is 10.5 Å². The molecule has 0 bridgehead atoms. The fourth-order valence-corrected chi connectivity index (χ4v) is 5.63. The molecule has 12 heteroatoms. The molecule has 0 spiro atoms. The van der Waals surface area contributed by atoms with E-state index in [0.29, 0.717) is 40.8 Å². The van der Waals surface area contributed by atoms with Gasteiger partial charge in [0.2, 0.25) is 11.7 Å². The summed E-state index contributed by atoms with van der Waals surface area (Å²) in [5.41, 5.74) is 2.21. The quantitative estimate of drug-likeness (QED) is 0.257. The maximum Gasteiger partial charge on any atom is 0.297 e. The van der Waals surface area contributed by atoms with Crippen LogP contribution in [0.4, 0.5) is 10.3 Å². The molecule has 3 N–H and O–H groups in total. The molecule has 1 unspecified atom stereocenters. The van der Waals surface area contributed by atoms with Gasteiger partial charge < -0.3 is 29.5 Å². The zero-order valence-corrected chi connectivity index (χ0v) is 24.0. The highest BCUT2D eigenvalue weighted by Crippen LogP contribution is 2.40. The lowest BCUT2D eigenvalue weighted by Crippen LogP contribution is -2.41. The van der Waals surface area contributed by atoms with Crippen LogP contribution in [0.3, 0.4) is 0 Å². The minimum atomic E-state index is -1.10. The summed E-state index contributed by atoms with van der Waals surface area (Å²) in [5.74, 6) is -1.41. The number of aliphatic hydroxyl groups excluding tert-OH is 2. The SMILES string of the molecule is CN(CC(O)CO)C(=O)c1ccc2c(c1)[C@@H](c1ccccc1F)N(c1nc(-c3nc4ccccc4o3)c(O)c(=O)n1C)CC2. The highest BCUT2D eigenvalue weighted by molar-refractivity contribution is 5.94. The number of para-hydroxylation sites is 2. The lowest BCUT2D eigenvalue weighted by molar-refractivity contribution is 0.0520. The molecule has 226 valence electrons. The number of fused-ring (bicyclic) bond motifs is 2. The summed E-state index contributed by atoms with van der Waals surface area (Å²) in [6, 6.07) is 17.6. The van der Waals surface area contributed by atoms with Gasteiger partial charge in [0.15, 0.2) is 11.3 Å². The Hall–Kier alpha value is -5.07. The average molecular weight is 600 g/mol. The molecular formula is C32H30FN5O6. The van der Waals surface area contributed by atoms with Gasteiger partial charge in [-0.3, -0.25) is 14.2 Å². The highest BCUT2D eigenvalue weighted by atomic mass is 19.1. The fourth-order valence-electron chi connectivity index (χ4n) is 5.63. The number of oxazole rings is 1. The topological polar surface area (TPSA) is 145 Å². The van der Waals surface area contributed by atoms with E-state index in [-0.39, 0.29) is 24.1 Å². The van der Waals surface area contributed by atoms with E-state index < -0.39 is 41.8 Å². The molecule has 3 aromatic carbocycles. The van der Waals surface area contributed by atoms with Crippen LogP contribution >= 0.6 is 0 Å². The number of anilines is 1. The molecule has 3 heterocycles. The van der Waals surface area contributed by atoms with E-state index in [1.54, 1.807) is 59.5 Å². The summed E-state index contributed by atoms with van der Waals surface area (Å²) in [5, 5.41) is 29.9. The Morgan fingerprint density at radius 3 is 2.61 bits per heavy atom. The van der Waals surface area contributed by atoms with Crippen molar-refractivity contribution in [2.24, 2.45) is 7.05 Å². The van der Waals surface area contributed by atoms with Crippen molar-refractivity contribution in [3.8, 4) is 17.3 Å². The zero-order chi connectivity index (χ0) is 31.1. The molecule has 2 atom stereocenters. The minimum absolute atomic E-state index is 0.0384. The first-order valence-corrected chi connectivity index (χ1v) is 14.0. The molecule has 0 saturated carbocycles. The monoisotopic (exact) mass is 599 g/mol. The summed E-state index contributed by atoms with van der Waals surface area (Å²) < 4.78 is 22.5. The molecule has 2 aromatic heterocycles. The van der Waals surface area contributed by atoms with Gasteiger partial charge in [0, 0.05) is 38.3 Å². The van der Waals surface area contributed by atoms with Crippen LogP contribution in [0.1, 0.15) is 33.1 Å². The predicted octanol–water partition coefficient (Wildman–Crippen LogP) is 3.01. The van der Waals surface area contributed by atoms with E-state index in [0.717, 1.165) is 5.56 Å². The number of likely N-dealkylation sites (N-methyl/N-ethyl adjacent to an activating group) is 1. The Kier molecular flexibility index (Phi) is 7.62. The number of halogens is 1. The van der Waals surface area contributed by atoms with Crippen LogP contribution in [0.2, 0.25) is 0 Å². The third kappa shape index (κ3) is 5.07. The molecule has 0 saturated heterocycles. The van der Waals surface area contributed by atoms with Crippen LogP contribution in [-0.4, -0.2) is 73.5 Å². The second kappa shape index (κ2) is 11.5. The number of aliphatic hydroxyl groups is 2. The number of aromatic hydroxyl groups is 1. The van der Waals surface area contributed by atoms with E-state index in [2.05, 4.69) is 9.97 Å². The molecule has 1 aliphatic rings. The van der Waals surface area contributed by atoms with Gasteiger partial charge in [-0.2, -0.15) is 0 Å². The van der Waals surface area contributed by atoms with Gasteiger partial charge in [0.1, 0.15) is 11.3 Å². The van der Waals surface area contributed by atoms with Crippen LogP contribution in [0.5, 0.6) is 5.75 Å². The van der Waals surface area contributed by atoms with Crippen molar-refractivity contribution in [2.75, 3.05) is 31.6 Å².